The van der Waals surface area contributed by atoms with Crippen LogP contribution in [-0.4, -0.2) is 36.6 Å². The molecule has 4 fully saturated rings. The van der Waals surface area contributed by atoms with Gasteiger partial charge in [0, 0.05) is 0 Å². The van der Waals surface area contributed by atoms with Gasteiger partial charge in [0.05, 0.1) is 36.6 Å². The van der Waals surface area contributed by atoms with Gasteiger partial charge in [-0.25, -0.2) is 0 Å². The number of fused-ring (bicyclic) bond motifs is 2. The second-order valence-corrected chi connectivity index (χ2v) is 8.45. The highest BCUT2D eigenvalue weighted by atomic mass is 16.6. The van der Waals surface area contributed by atoms with Crippen LogP contribution in [-0.2, 0) is 14.2 Å². The van der Waals surface area contributed by atoms with E-state index >= 15 is 0 Å². The summed E-state index contributed by atoms with van der Waals surface area (Å²) in [5.41, 5.74) is 0. The maximum absolute atomic E-state index is 6.57. The van der Waals surface area contributed by atoms with Gasteiger partial charge in [-0.05, 0) is 76.0 Å². The quantitative estimate of drug-likeness (QED) is 0.618. The predicted molar refractivity (Wildman–Crippen MR) is 90.5 cm³/mol. The van der Waals surface area contributed by atoms with E-state index in [2.05, 4.69) is 13.8 Å². The molecule has 3 heteroatoms. The SMILES string of the molecule is CCC(CC1CCC2OC2C1)OC(CC)CC1CCC2OC2C1. The van der Waals surface area contributed by atoms with Crippen LogP contribution in [0.1, 0.15) is 78.1 Å². The lowest BCUT2D eigenvalue weighted by Gasteiger charge is -2.30. The molecule has 0 aromatic carbocycles. The Labute approximate surface area is 141 Å². The van der Waals surface area contributed by atoms with Crippen LogP contribution in [0.15, 0.2) is 0 Å². The lowest BCUT2D eigenvalue weighted by atomic mass is 9.84. The second kappa shape index (κ2) is 7.01. The summed E-state index contributed by atoms with van der Waals surface area (Å²) in [6.07, 6.45) is 16.0. The summed E-state index contributed by atoms with van der Waals surface area (Å²) >= 11 is 0. The molecule has 2 saturated heterocycles. The molecule has 0 aromatic heterocycles. The van der Waals surface area contributed by atoms with E-state index in [0.29, 0.717) is 36.6 Å². The molecule has 0 N–H and O–H groups in total. The van der Waals surface area contributed by atoms with Crippen molar-refractivity contribution in [3.05, 3.63) is 0 Å². The fourth-order valence-corrected chi connectivity index (χ4v) is 5.05. The first-order valence-electron chi connectivity index (χ1n) is 10.2. The average molecular weight is 322 g/mol. The number of rotatable bonds is 8. The molecule has 4 aliphatic rings. The summed E-state index contributed by atoms with van der Waals surface area (Å²) in [5, 5.41) is 0. The molecule has 0 spiro atoms. The van der Waals surface area contributed by atoms with E-state index < -0.39 is 0 Å². The topological polar surface area (TPSA) is 34.3 Å². The van der Waals surface area contributed by atoms with Crippen LogP contribution in [0.5, 0.6) is 0 Å². The highest BCUT2D eigenvalue weighted by molar-refractivity contribution is 4.93. The van der Waals surface area contributed by atoms with Crippen molar-refractivity contribution in [3.8, 4) is 0 Å². The second-order valence-electron chi connectivity index (χ2n) is 8.45. The van der Waals surface area contributed by atoms with Crippen molar-refractivity contribution in [2.75, 3.05) is 0 Å². The third kappa shape index (κ3) is 4.11. The standard InChI is InChI=1S/C20H34O3/c1-3-15(9-13-5-7-17-19(11-13)22-17)21-16(4-2)10-14-6-8-18-20(12-14)23-18/h13-20H,3-12H2,1-2H3. The van der Waals surface area contributed by atoms with Crippen molar-refractivity contribution in [1.82, 2.24) is 0 Å². The Balaban J connectivity index is 1.23. The third-order valence-electron chi connectivity index (χ3n) is 6.71. The van der Waals surface area contributed by atoms with Crippen LogP contribution < -0.4 is 0 Å². The third-order valence-corrected chi connectivity index (χ3v) is 6.71. The Bertz CT molecular complexity index is 362. The lowest BCUT2D eigenvalue weighted by Crippen LogP contribution is -2.28. The predicted octanol–water partition coefficient (Wildman–Crippen LogP) is 4.48. The van der Waals surface area contributed by atoms with E-state index in [1.807, 2.05) is 0 Å². The van der Waals surface area contributed by atoms with Crippen molar-refractivity contribution in [1.29, 1.82) is 0 Å². The zero-order valence-electron chi connectivity index (χ0n) is 14.9. The molecule has 8 atom stereocenters. The minimum absolute atomic E-state index is 0.453. The van der Waals surface area contributed by atoms with E-state index in [0.717, 1.165) is 24.7 Å². The first kappa shape index (κ1) is 16.4. The number of hydrogen-bond donors (Lipinski definition) is 0. The normalized spacial score (nSPS) is 44.1. The van der Waals surface area contributed by atoms with Crippen LogP contribution in [0.2, 0.25) is 0 Å². The van der Waals surface area contributed by atoms with Gasteiger partial charge in [-0.2, -0.15) is 0 Å². The van der Waals surface area contributed by atoms with Gasteiger partial charge >= 0.3 is 0 Å². The summed E-state index contributed by atoms with van der Waals surface area (Å²) < 4.78 is 17.9. The molecule has 0 aromatic rings. The molecular weight excluding hydrogens is 288 g/mol. The molecule has 8 unspecified atom stereocenters. The molecule has 0 amide bonds. The maximum atomic E-state index is 6.57. The smallest absolute Gasteiger partial charge is 0.0844 e. The molecule has 23 heavy (non-hydrogen) atoms. The van der Waals surface area contributed by atoms with E-state index in [1.165, 1.54) is 51.4 Å². The van der Waals surface area contributed by atoms with Crippen LogP contribution in [0.4, 0.5) is 0 Å². The first-order valence-corrected chi connectivity index (χ1v) is 10.2. The summed E-state index contributed by atoms with van der Waals surface area (Å²) in [4.78, 5) is 0. The zero-order valence-corrected chi connectivity index (χ0v) is 14.9. The van der Waals surface area contributed by atoms with Crippen molar-refractivity contribution in [2.45, 2.75) is 115 Å². The van der Waals surface area contributed by atoms with Crippen LogP contribution in [0, 0.1) is 11.8 Å². The fraction of sp³-hybridized carbons (Fsp3) is 1.00. The molecule has 2 saturated carbocycles. The van der Waals surface area contributed by atoms with Crippen molar-refractivity contribution < 1.29 is 14.2 Å². The van der Waals surface area contributed by atoms with Crippen LogP contribution >= 0.6 is 0 Å². The van der Waals surface area contributed by atoms with Gasteiger partial charge in [0.15, 0.2) is 0 Å². The van der Waals surface area contributed by atoms with Gasteiger partial charge < -0.3 is 14.2 Å². The minimum atomic E-state index is 0.453. The van der Waals surface area contributed by atoms with Gasteiger partial charge in [0.1, 0.15) is 0 Å². The Morgan fingerprint density at radius 2 is 1.22 bits per heavy atom. The molecule has 3 nitrogen and oxygen atoms in total. The highest BCUT2D eigenvalue weighted by Gasteiger charge is 2.45. The van der Waals surface area contributed by atoms with Crippen molar-refractivity contribution in [3.63, 3.8) is 0 Å². The van der Waals surface area contributed by atoms with Gasteiger partial charge in [-0.3, -0.25) is 0 Å². The lowest BCUT2D eigenvalue weighted by molar-refractivity contribution is -0.0411. The number of epoxide rings is 2. The molecular formula is C20H34O3. The number of ether oxygens (including phenoxy) is 3. The van der Waals surface area contributed by atoms with Crippen molar-refractivity contribution >= 4 is 0 Å². The monoisotopic (exact) mass is 322 g/mol. The minimum Gasteiger partial charge on any atom is -0.375 e. The molecule has 2 aliphatic carbocycles. The Morgan fingerprint density at radius 3 is 1.61 bits per heavy atom. The van der Waals surface area contributed by atoms with Crippen LogP contribution in [0.3, 0.4) is 0 Å². The summed E-state index contributed by atoms with van der Waals surface area (Å²) in [7, 11) is 0. The summed E-state index contributed by atoms with van der Waals surface area (Å²) in [6.45, 7) is 4.58. The Hall–Kier alpha value is -0.120. The van der Waals surface area contributed by atoms with Gasteiger partial charge in [-0.1, -0.05) is 13.8 Å². The van der Waals surface area contributed by atoms with Crippen LogP contribution in [0.25, 0.3) is 0 Å². The fourth-order valence-electron chi connectivity index (χ4n) is 5.05. The summed E-state index contributed by atoms with van der Waals surface area (Å²) in [5.74, 6) is 1.66. The van der Waals surface area contributed by atoms with Gasteiger partial charge in [0.25, 0.3) is 0 Å². The van der Waals surface area contributed by atoms with Gasteiger partial charge in [-0.15, -0.1) is 0 Å². The average Bonchev–Trinajstić information content (AvgIpc) is 3.46. The molecule has 4 rings (SSSR count). The Kier molecular flexibility index (Phi) is 4.99. The van der Waals surface area contributed by atoms with E-state index in [-0.39, 0.29) is 0 Å². The molecule has 2 aliphatic heterocycles. The Morgan fingerprint density at radius 1 is 0.739 bits per heavy atom. The van der Waals surface area contributed by atoms with Gasteiger partial charge in [0.2, 0.25) is 0 Å². The van der Waals surface area contributed by atoms with E-state index in [9.17, 15) is 0 Å². The van der Waals surface area contributed by atoms with Crippen molar-refractivity contribution in [2.24, 2.45) is 11.8 Å². The van der Waals surface area contributed by atoms with E-state index in [4.69, 9.17) is 14.2 Å². The molecule has 0 radical (unpaired) electrons. The largest absolute Gasteiger partial charge is 0.375 e. The molecule has 132 valence electrons. The highest BCUT2D eigenvalue weighted by Crippen LogP contribution is 2.43. The zero-order chi connectivity index (χ0) is 15.8. The first-order chi connectivity index (χ1) is 11.2. The maximum Gasteiger partial charge on any atom is 0.0844 e. The molecule has 2 heterocycles. The van der Waals surface area contributed by atoms with E-state index in [1.54, 1.807) is 0 Å². The molecule has 0 bridgehead atoms. The number of hydrogen-bond acceptors (Lipinski definition) is 3. The summed E-state index contributed by atoms with van der Waals surface area (Å²) in [6, 6.07) is 0.